The molecule has 1 aromatic carbocycles. The van der Waals surface area contributed by atoms with Gasteiger partial charge < -0.3 is 5.11 Å². The molecule has 0 bridgehead atoms. The number of carbonyl (C=O) groups is 1. The predicted molar refractivity (Wildman–Crippen MR) is 47.6 cm³/mol. The fraction of sp³-hybridized carbons (Fsp3) is 0.222. The molecule has 0 amide bonds. The molecule has 14 heavy (non-hydrogen) atoms. The Kier molecular flexibility index (Phi) is 3.06. The summed E-state index contributed by atoms with van der Waals surface area (Å²) < 4.78 is 24.5. The molecule has 0 radical (unpaired) electrons. The van der Waals surface area contributed by atoms with E-state index in [0.29, 0.717) is 5.56 Å². The summed E-state index contributed by atoms with van der Waals surface area (Å²) in [6.45, 7) is 0. The number of benzene rings is 1. The van der Waals surface area contributed by atoms with Crippen LogP contribution in [0.1, 0.15) is 5.56 Å². The first kappa shape index (κ1) is 10.9. The lowest BCUT2D eigenvalue weighted by molar-refractivity contribution is -0.132. The van der Waals surface area contributed by atoms with Crippen LogP contribution in [0, 0.1) is 0 Å². The van der Waals surface area contributed by atoms with Gasteiger partial charge in [-0.25, -0.2) is 0 Å². The molecule has 1 N–H and O–H groups in total. The van der Waals surface area contributed by atoms with Crippen LogP contribution in [-0.2, 0) is 11.2 Å². The lowest BCUT2D eigenvalue weighted by atomic mass is 10.1. The van der Waals surface area contributed by atoms with Crippen LogP contribution in [-0.4, -0.2) is 16.3 Å². The summed E-state index contributed by atoms with van der Waals surface area (Å²) in [4.78, 5) is 10.8. The smallest absolute Gasteiger partial charge is 0.380 e. The minimum absolute atomic E-state index is 0.0128. The highest BCUT2D eigenvalue weighted by atomic mass is 35.5. The average molecular weight is 221 g/mol. The number of aromatic hydroxyl groups is 1. The van der Waals surface area contributed by atoms with Gasteiger partial charge >= 0.3 is 5.38 Å². The average Bonchev–Trinajstić information content (AvgIpc) is 2.07. The highest BCUT2D eigenvalue weighted by molar-refractivity contribution is 6.32. The molecule has 0 spiro atoms. The van der Waals surface area contributed by atoms with Crippen molar-refractivity contribution in [3.63, 3.8) is 0 Å². The SMILES string of the molecule is O=C(Cc1ccc(O)cc1)C(F)(F)Cl. The van der Waals surface area contributed by atoms with Crippen molar-refractivity contribution in [2.75, 3.05) is 0 Å². The third kappa shape index (κ3) is 2.96. The van der Waals surface area contributed by atoms with E-state index in [4.69, 9.17) is 5.11 Å². The Labute approximate surface area is 84.1 Å². The Morgan fingerprint density at radius 2 is 1.86 bits per heavy atom. The first-order valence-corrected chi connectivity index (χ1v) is 4.15. The predicted octanol–water partition coefficient (Wildman–Crippen LogP) is 2.34. The Morgan fingerprint density at radius 3 is 2.29 bits per heavy atom. The molecule has 0 heterocycles. The van der Waals surface area contributed by atoms with E-state index in [1.54, 1.807) is 0 Å². The van der Waals surface area contributed by atoms with Crippen LogP contribution in [0.3, 0.4) is 0 Å². The molecule has 0 saturated heterocycles. The van der Waals surface area contributed by atoms with E-state index in [2.05, 4.69) is 11.6 Å². The molecular formula is C9H7ClF2O2. The van der Waals surface area contributed by atoms with Gasteiger partial charge in [0.1, 0.15) is 5.75 Å². The molecule has 0 atom stereocenters. The molecule has 0 aliphatic carbocycles. The van der Waals surface area contributed by atoms with Crippen LogP contribution in [0.2, 0.25) is 0 Å². The van der Waals surface area contributed by atoms with Crippen molar-refractivity contribution in [1.29, 1.82) is 0 Å². The van der Waals surface area contributed by atoms with Gasteiger partial charge in [-0.2, -0.15) is 8.78 Å². The second-order valence-electron chi connectivity index (χ2n) is 2.76. The van der Waals surface area contributed by atoms with Gasteiger partial charge in [0, 0.05) is 6.42 Å². The molecule has 5 heteroatoms. The number of ketones is 1. The zero-order chi connectivity index (χ0) is 10.8. The van der Waals surface area contributed by atoms with Crippen molar-refractivity contribution in [1.82, 2.24) is 0 Å². The van der Waals surface area contributed by atoms with Crippen molar-refractivity contribution in [2.45, 2.75) is 11.8 Å². The van der Waals surface area contributed by atoms with Crippen molar-refractivity contribution in [3.8, 4) is 5.75 Å². The molecule has 0 aromatic heterocycles. The number of phenolic OH excluding ortho intramolecular Hbond substituents is 1. The van der Waals surface area contributed by atoms with Gasteiger partial charge in [0.15, 0.2) is 0 Å². The molecule has 0 unspecified atom stereocenters. The topological polar surface area (TPSA) is 37.3 Å². The summed E-state index contributed by atoms with van der Waals surface area (Å²) in [7, 11) is 0. The van der Waals surface area contributed by atoms with Gasteiger partial charge in [0.05, 0.1) is 0 Å². The summed E-state index contributed by atoms with van der Waals surface area (Å²) in [5.41, 5.74) is 0.383. The minimum Gasteiger partial charge on any atom is -0.508 e. The summed E-state index contributed by atoms with van der Waals surface area (Å²) in [5.74, 6) is -1.34. The summed E-state index contributed by atoms with van der Waals surface area (Å²) >= 11 is 4.53. The van der Waals surface area contributed by atoms with Gasteiger partial charge in [-0.1, -0.05) is 12.1 Å². The molecule has 1 aromatic rings. The van der Waals surface area contributed by atoms with E-state index < -0.39 is 17.6 Å². The van der Waals surface area contributed by atoms with Crippen molar-refractivity contribution < 1.29 is 18.7 Å². The number of alkyl halides is 3. The van der Waals surface area contributed by atoms with Gasteiger partial charge in [0.25, 0.3) is 0 Å². The maximum atomic E-state index is 12.2. The Hall–Kier alpha value is -1.16. The lowest BCUT2D eigenvalue weighted by Crippen LogP contribution is -2.23. The molecule has 0 aliphatic rings. The number of halogens is 3. The first-order chi connectivity index (χ1) is 6.39. The molecule has 0 aliphatic heterocycles. The monoisotopic (exact) mass is 220 g/mol. The number of hydrogen-bond acceptors (Lipinski definition) is 2. The maximum Gasteiger partial charge on any atom is 0.380 e. The minimum atomic E-state index is -3.82. The molecule has 76 valence electrons. The van der Waals surface area contributed by atoms with Crippen LogP contribution >= 0.6 is 11.6 Å². The number of phenols is 1. The van der Waals surface area contributed by atoms with Crippen molar-refractivity contribution in [3.05, 3.63) is 29.8 Å². The maximum absolute atomic E-state index is 12.2. The number of carbonyl (C=O) groups excluding carboxylic acids is 1. The summed E-state index contributed by atoms with van der Waals surface area (Å²) in [6, 6.07) is 5.40. The van der Waals surface area contributed by atoms with E-state index in [9.17, 15) is 13.6 Å². The summed E-state index contributed by atoms with van der Waals surface area (Å²) in [6.07, 6.45) is -0.448. The third-order valence-electron chi connectivity index (χ3n) is 1.62. The largest absolute Gasteiger partial charge is 0.508 e. The van der Waals surface area contributed by atoms with Gasteiger partial charge in [-0.15, -0.1) is 0 Å². The second kappa shape index (κ2) is 3.92. The van der Waals surface area contributed by atoms with E-state index in [0.717, 1.165) is 0 Å². The molecule has 2 nitrogen and oxygen atoms in total. The Morgan fingerprint density at radius 1 is 1.36 bits per heavy atom. The van der Waals surface area contributed by atoms with E-state index in [-0.39, 0.29) is 5.75 Å². The fourth-order valence-electron chi connectivity index (χ4n) is 0.899. The molecule has 0 saturated carbocycles. The van der Waals surface area contributed by atoms with Crippen LogP contribution < -0.4 is 0 Å². The number of rotatable bonds is 3. The van der Waals surface area contributed by atoms with Crippen LogP contribution in [0.4, 0.5) is 8.78 Å². The summed E-state index contributed by atoms with van der Waals surface area (Å²) in [5, 5.41) is 5.07. The quantitative estimate of drug-likeness (QED) is 0.794. The third-order valence-corrected chi connectivity index (χ3v) is 1.83. The normalized spacial score (nSPS) is 11.4. The first-order valence-electron chi connectivity index (χ1n) is 3.77. The standard InChI is InChI=1S/C9H7ClF2O2/c10-9(11,12)8(14)5-6-1-3-7(13)4-2-6/h1-4,13H,5H2. The van der Waals surface area contributed by atoms with E-state index in [1.807, 2.05) is 0 Å². The zero-order valence-electron chi connectivity index (χ0n) is 7.01. The van der Waals surface area contributed by atoms with Crippen LogP contribution in [0.5, 0.6) is 5.75 Å². The van der Waals surface area contributed by atoms with E-state index >= 15 is 0 Å². The molecule has 1 rings (SSSR count). The molecular weight excluding hydrogens is 214 g/mol. The Balaban J connectivity index is 2.71. The zero-order valence-corrected chi connectivity index (χ0v) is 7.76. The highest BCUT2D eigenvalue weighted by Gasteiger charge is 2.34. The Bertz CT molecular complexity index is 330. The highest BCUT2D eigenvalue weighted by Crippen LogP contribution is 2.22. The van der Waals surface area contributed by atoms with Gasteiger partial charge in [-0.3, -0.25) is 4.79 Å². The number of hydrogen-bond donors (Lipinski definition) is 1. The van der Waals surface area contributed by atoms with Crippen molar-refractivity contribution in [2.24, 2.45) is 0 Å². The van der Waals surface area contributed by atoms with Crippen LogP contribution in [0.25, 0.3) is 0 Å². The van der Waals surface area contributed by atoms with E-state index in [1.165, 1.54) is 24.3 Å². The van der Waals surface area contributed by atoms with Crippen molar-refractivity contribution >= 4 is 17.4 Å². The number of Topliss-reactive ketones (excluding diaryl/α,β-unsaturated/α-hetero) is 1. The fourth-order valence-corrected chi connectivity index (χ4v) is 0.966. The molecule has 0 fully saturated rings. The lowest BCUT2D eigenvalue weighted by Gasteiger charge is -2.06. The van der Waals surface area contributed by atoms with Crippen LogP contribution in [0.15, 0.2) is 24.3 Å². The van der Waals surface area contributed by atoms with Gasteiger partial charge in [-0.05, 0) is 29.3 Å². The second-order valence-corrected chi connectivity index (χ2v) is 3.24. The van der Waals surface area contributed by atoms with Gasteiger partial charge in [0.2, 0.25) is 5.78 Å².